The topological polar surface area (TPSA) is 68.3 Å². The lowest BCUT2D eigenvalue weighted by Crippen LogP contribution is -2.26. The van der Waals surface area contributed by atoms with Crippen LogP contribution < -0.4 is 4.72 Å². The molecule has 1 N–H and O–H groups in total. The van der Waals surface area contributed by atoms with Crippen LogP contribution in [0.25, 0.3) is 0 Å². The Balaban J connectivity index is 1.95. The van der Waals surface area contributed by atoms with E-state index in [4.69, 9.17) is 27.9 Å². The highest BCUT2D eigenvalue weighted by Gasteiger charge is 2.19. The highest BCUT2D eigenvalue weighted by molar-refractivity contribution is 7.89. The first kappa shape index (κ1) is 15.0. The molecule has 5 nitrogen and oxygen atoms in total. The number of nitrogens with one attached hydrogen (secondary N) is 1. The van der Waals surface area contributed by atoms with E-state index in [1.807, 2.05) is 0 Å². The number of hydrogen-bond acceptors (Lipinski definition) is 4. The summed E-state index contributed by atoms with van der Waals surface area (Å²) in [7, 11) is -3.59. The Kier molecular flexibility index (Phi) is 5.03. The van der Waals surface area contributed by atoms with Gasteiger partial charge in [-0.05, 0) is 24.8 Å². The van der Waals surface area contributed by atoms with Crippen LogP contribution in [0.4, 0.5) is 0 Å². The first-order chi connectivity index (χ1) is 8.99. The summed E-state index contributed by atoms with van der Waals surface area (Å²) in [4.78, 5) is 3.74. The van der Waals surface area contributed by atoms with Crippen molar-refractivity contribution in [2.45, 2.75) is 17.7 Å². The quantitative estimate of drug-likeness (QED) is 0.842. The number of nitrogens with zero attached hydrogens (tertiary/aromatic N) is 1. The Morgan fingerprint density at radius 2 is 2.26 bits per heavy atom. The molecule has 1 aromatic heterocycles. The fraction of sp³-hybridized carbons (Fsp3) is 0.545. The number of hydrogen-bond donors (Lipinski definition) is 1. The Morgan fingerprint density at radius 1 is 1.47 bits per heavy atom. The second kappa shape index (κ2) is 6.37. The minimum Gasteiger partial charge on any atom is -0.381 e. The third kappa shape index (κ3) is 4.03. The third-order valence-corrected chi connectivity index (χ3v) is 5.06. The summed E-state index contributed by atoms with van der Waals surface area (Å²) >= 11 is 11.4. The van der Waals surface area contributed by atoms with E-state index < -0.39 is 10.0 Å². The molecule has 2 heterocycles. The van der Waals surface area contributed by atoms with E-state index >= 15 is 0 Å². The lowest BCUT2D eigenvalue weighted by molar-refractivity contribution is 0.184. The lowest BCUT2D eigenvalue weighted by atomic mass is 10.1. The molecule has 8 heteroatoms. The van der Waals surface area contributed by atoms with Crippen LogP contribution in [0.2, 0.25) is 10.2 Å². The maximum atomic E-state index is 12.0. The van der Waals surface area contributed by atoms with Crippen molar-refractivity contribution in [2.24, 2.45) is 5.92 Å². The summed E-state index contributed by atoms with van der Waals surface area (Å²) in [6.45, 7) is 1.83. The summed E-state index contributed by atoms with van der Waals surface area (Å²) in [5, 5.41) is 0.206. The lowest BCUT2D eigenvalue weighted by Gasteiger charge is -2.09. The number of halogens is 2. The summed E-state index contributed by atoms with van der Waals surface area (Å²) in [6.07, 6.45) is 2.93. The molecule has 0 spiro atoms. The van der Waals surface area contributed by atoms with Gasteiger partial charge in [-0.15, -0.1) is 0 Å². The van der Waals surface area contributed by atoms with Gasteiger partial charge in [0.15, 0.2) is 0 Å². The Bertz CT molecular complexity index is 545. The normalized spacial score (nSPS) is 19.8. The highest BCUT2D eigenvalue weighted by atomic mass is 35.5. The monoisotopic (exact) mass is 324 g/mol. The minimum absolute atomic E-state index is 0.0181. The average Bonchev–Trinajstić information content (AvgIpc) is 2.85. The van der Waals surface area contributed by atoms with E-state index in [2.05, 4.69) is 9.71 Å². The number of rotatable bonds is 5. The van der Waals surface area contributed by atoms with E-state index in [0.29, 0.717) is 19.1 Å². The maximum absolute atomic E-state index is 12.0. The van der Waals surface area contributed by atoms with Gasteiger partial charge < -0.3 is 4.74 Å². The smallest absolute Gasteiger partial charge is 0.242 e. The first-order valence-electron chi connectivity index (χ1n) is 5.87. The molecule has 0 radical (unpaired) electrons. The zero-order chi connectivity index (χ0) is 13.9. The van der Waals surface area contributed by atoms with Crippen LogP contribution >= 0.6 is 23.2 Å². The predicted molar refractivity (Wildman–Crippen MR) is 73.0 cm³/mol. The predicted octanol–water partition coefficient (Wildman–Crippen LogP) is 2.09. The van der Waals surface area contributed by atoms with E-state index in [1.165, 1.54) is 12.3 Å². The van der Waals surface area contributed by atoms with E-state index in [9.17, 15) is 8.42 Å². The number of ether oxygens (including phenoxy) is 1. The fourth-order valence-electron chi connectivity index (χ4n) is 1.84. The van der Waals surface area contributed by atoms with Crippen molar-refractivity contribution in [3.05, 3.63) is 22.4 Å². The Hall–Kier alpha value is -0.400. The molecule has 106 valence electrons. The summed E-state index contributed by atoms with van der Waals surface area (Å²) in [5.74, 6) is 0.426. The van der Waals surface area contributed by atoms with Gasteiger partial charge in [-0.1, -0.05) is 23.2 Å². The zero-order valence-corrected chi connectivity index (χ0v) is 12.4. The van der Waals surface area contributed by atoms with Crippen LogP contribution in [0.3, 0.4) is 0 Å². The molecular formula is C11H14Cl2N2O3S. The summed E-state index contributed by atoms with van der Waals surface area (Å²) in [6, 6.07) is 1.29. The van der Waals surface area contributed by atoms with Crippen molar-refractivity contribution in [1.82, 2.24) is 9.71 Å². The van der Waals surface area contributed by atoms with Crippen molar-refractivity contribution in [3.63, 3.8) is 0 Å². The van der Waals surface area contributed by atoms with Crippen LogP contribution in [0.1, 0.15) is 12.8 Å². The number of pyridine rings is 1. The molecule has 0 aliphatic carbocycles. The molecule has 1 unspecified atom stereocenters. The molecule has 0 aromatic carbocycles. The highest BCUT2D eigenvalue weighted by Crippen LogP contribution is 2.22. The van der Waals surface area contributed by atoms with Crippen molar-refractivity contribution in [1.29, 1.82) is 0 Å². The van der Waals surface area contributed by atoms with Crippen molar-refractivity contribution < 1.29 is 13.2 Å². The molecule has 1 saturated heterocycles. The van der Waals surface area contributed by atoms with Crippen molar-refractivity contribution in [3.8, 4) is 0 Å². The summed E-state index contributed by atoms with van der Waals surface area (Å²) < 4.78 is 31.7. The SMILES string of the molecule is O=S(=O)(NCCC1CCOC1)c1cnc(Cl)c(Cl)c1. The molecule has 0 saturated carbocycles. The molecule has 1 aliphatic heterocycles. The van der Waals surface area contributed by atoms with Crippen LogP contribution in [0.15, 0.2) is 17.2 Å². The second-order valence-corrected chi connectivity index (χ2v) is 6.89. The third-order valence-electron chi connectivity index (χ3n) is 2.95. The van der Waals surface area contributed by atoms with Gasteiger partial charge in [-0.25, -0.2) is 18.1 Å². The second-order valence-electron chi connectivity index (χ2n) is 4.36. The Morgan fingerprint density at radius 3 is 2.89 bits per heavy atom. The fourth-order valence-corrected chi connectivity index (χ4v) is 3.19. The van der Waals surface area contributed by atoms with E-state index in [-0.39, 0.29) is 15.1 Å². The van der Waals surface area contributed by atoms with Gasteiger partial charge >= 0.3 is 0 Å². The van der Waals surface area contributed by atoms with Crippen LogP contribution in [-0.2, 0) is 14.8 Å². The largest absolute Gasteiger partial charge is 0.381 e. The minimum atomic E-state index is -3.59. The Labute approximate surface area is 122 Å². The van der Waals surface area contributed by atoms with Gasteiger partial charge in [-0.2, -0.15) is 0 Å². The number of sulfonamides is 1. The molecule has 19 heavy (non-hydrogen) atoms. The first-order valence-corrected chi connectivity index (χ1v) is 8.11. The molecule has 1 aromatic rings. The van der Waals surface area contributed by atoms with E-state index in [1.54, 1.807) is 0 Å². The van der Waals surface area contributed by atoms with Crippen LogP contribution in [0, 0.1) is 5.92 Å². The van der Waals surface area contributed by atoms with Crippen molar-refractivity contribution in [2.75, 3.05) is 19.8 Å². The molecule has 1 atom stereocenters. The molecule has 0 amide bonds. The molecule has 2 rings (SSSR count). The van der Waals surface area contributed by atoms with Crippen molar-refractivity contribution >= 4 is 33.2 Å². The maximum Gasteiger partial charge on any atom is 0.242 e. The van der Waals surface area contributed by atoms with Gasteiger partial charge in [0.25, 0.3) is 0 Å². The molecule has 1 fully saturated rings. The molecule has 0 bridgehead atoms. The van der Waals surface area contributed by atoms with E-state index in [0.717, 1.165) is 19.4 Å². The molecule has 1 aliphatic rings. The molecular weight excluding hydrogens is 311 g/mol. The summed E-state index contributed by atoms with van der Waals surface area (Å²) in [5.41, 5.74) is 0. The van der Waals surface area contributed by atoms with Gasteiger partial charge in [0, 0.05) is 26.0 Å². The van der Waals surface area contributed by atoms with Gasteiger partial charge in [0.1, 0.15) is 10.0 Å². The van der Waals surface area contributed by atoms with Gasteiger partial charge in [0.2, 0.25) is 10.0 Å². The average molecular weight is 325 g/mol. The van der Waals surface area contributed by atoms with Gasteiger partial charge in [-0.3, -0.25) is 0 Å². The standard InChI is InChI=1S/C11H14Cl2N2O3S/c12-10-5-9(6-14-11(10)13)19(16,17)15-3-1-8-2-4-18-7-8/h5-6,8,15H,1-4,7H2. The van der Waals surface area contributed by atoms with Crippen LogP contribution in [0.5, 0.6) is 0 Å². The zero-order valence-electron chi connectivity index (χ0n) is 10.1. The number of aromatic nitrogens is 1. The van der Waals surface area contributed by atoms with Crippen LogP contribution in [-0.4, -0.2) is 33.2 Å². The van der Waals surface area contributed by atoms with Gasteiger partial charge in [0.05, 0.1) is 5.02 Å².